The summed E-state index contributed by atoms with van der Waals surface area (Å²) in [5.41, 5.74) is 1.34. The molecule has 1 aliphatic carbocycles. The van der Waals surface area contributed by atoms with E-state index in [1.807, 2.05) is 12.1 Å². The van der Waals surface area contributed by atoms with Crippen LogP contribution in [-0.4, -0.2) is 30.0 Å². The molecule has 0 aromatic heterocycles. The number of aliphatic hydroxyl groups excluding tert-OH is 1. The molecule has 0 saturated heterocycles. The molecule has 3 atom stereocenters. The van der Waals surface area contributed by atoms with E-state index < -0.39 is 0 Å². The Morgan fingerprint density at radius 1 is 1.16 bits per heavy atom. The van der Waals surface area contributed by atoms with Gasteiger partial charge in [0.2, 0.25) is 0 Å². The molecule has 1 N–H and O–H groups in total. The Kier molecular flexibility index (Phi) is 5.23. The van der Waals surface area contributed by atoms with Crippen molar-refractivity contribution in [3.63, 3.8) is 0 Å². The van der Waals surface area contributed by atoms with Crippen molar-refractivity contribution in [1.29, 1.82) is 0 Å². The molecule has 1 aromatic carbocycles. The maximum absolute atomic E-state index is 9.69. The SMILES string of the molecule is CCCOC1C(O)CC1Oc1ccc(CCC)cc1. The molecule has 3 unspecified atom stereocenters. The van der Waals surface area contributed by atoms with Gasteiger partial charge in [-0.2, -0.15) is 0 Å². The minimum Gasteiger partial charge on any atom is -0.488 e. The fourth-order valence-electron chi connectivity index (χ4n) is 2.34. The van der Waals surface area contributed by atoms with Gasteiger partial charge in [0.25, 0.3) is 0 Å². The molecular weight excluding hydrogens is 240 g/mol. The van der Waals surface area contributed by atoms with Gasteiger partial charge in [0.1, 0.15) is 18.0 Å². The highest BCUT2D eigenvalue weighted by Gasteiger charge is 2.42. The summed E-state index contributed by atoms with van der Waals surface area (Å²) in [6, 6.07) is 8.23. The second-order valence-electron chi connectivity index (χ2n) is 5.19. The van der Waals surface area contributed by atoms with Crippen molar-refractivity contribution in [3.8, 4) is 5.75 Å². The van der Waals surface area contributed by atoms with Crippen molar-refractivity contribution in [2.24, 2.45) is 0 Å². The summed E-state index contributed by atoms with van der Waals surface area (Å²) in [5.74, 6) is 0.863. The standard InChI is InChI=1S/C16H24O3/c1-3-5-12-6-8-13(9-7-12)19-15-11-14(17)16(15)18-10-4-2/h6-9,14-17H,3-5,10-11H2,1-2H3. The monoisotopic (exact) mass is 264 g/mol. The van der Waals surface area contributed by atoms with Gasteiger partial charge in [-0.25, -0.2) is 0 Å². The van der Waals surface area contributed by atoms with E-state index in [4.69, 9.17) is 9.47 Å². The summed E-state index contributed by atoms with van der Waals surface area (Å²) in [6.45, 7) is 4.92. The van der Waals surface area contributed by atoms with Crippen LogP contribution in [0.25, 0.3) is 0 Å². The molecule has 0 bridgehead atoms. The molecule has 1 saturated carbocycles. The molecule has 2 rings (SSSR count). The van der Waals surface area contributed by atoms with Gasteiger partial charge in [-0.3, -0.25) is 0 Å². The van der Waals surface area contributed by atoms with E-state index in [1.54, 1.807) is 0 Å². The fourth-order valence-corrected chi connectivity index (χ4v) is 2.34. The Labute approximate surface area is 115 Å². The van der Waals surface area contributed by atoms with Crippen LogP contribution in [0.4, 0.5) is 0 Å². The third-order valence-electron chi connectivity index (χ3n) is 3.48. The number of rotatable bonds is 7. The number of aryl methyl sites for hydroxylation is 1. The summed E-state index contributed by atoms with van der Waals surface area (Å²) in [5, 5.41) is 9.69. The van der Waals surface area contributed by atoms with Gasteiger partial charge >= 0.3 is 0 Å². The van der Waals surface area contributed by atoms with E-state index in [1.165, 1.54) is 5.56 Å². The molecule has 1 fully saturated rings. The van der Waals surface area contributed by atoms with E-state index in [0.717, 1.165) is 25.0 Å². The van der Waals surface area contributed by atoms with Crippen LogP contribution >= 0.6 is 0 Å². The Morgan fingerprint density at radius 3 is 2.47 bits per heavy atom. The molecule has 0 radical (unpaired) electrons. The van der Waals surface area contributed by atoms with Crippen LogP contribution in [0.1, 0.15) is 38.7 Å². The first-order valence-corrected chi connectivity index (χ1v) is 7.29. The Balaban J connectivity index is 1.86. The molecule has 3 nitrogen and oxygen atoms in total. The summed E-state index contributed by atoms with van der Waals surface area (Å²) in [6.07, 6.45) is 3.31. The van der Waals surface area contributed by atoms with Crippen LogP contribution in [0, 0.1) is 0 Å². The van der Waals surface area contributed by atoms with Crippen LogP contribution in [-0.2, 0) is 11.2 Å². The molecular formula is C16H24O3. The summed E-state index contributed by atoms with van der Waals surface area (Å²) < 4.78 is 11.5. The summed E-state index contributed by atoms with van der Waals surface area (Å²) in [4.78, 5) is 0. The minimum absolute atomic E-state index is 0.0152. The predicted molar refractivity (Wildman–Crippen MR) is 75.5 cm³/mol. The number of ether oxygens (including phenoxy) is 2. The Bertz CT molecular complexity index is 374. The maximum Gasteiger partial charge on any atom is 0.130 e. The van der Waals surface area contributed by atoms with Crippen LogP contribution < -0.4 is 4.74 Å². The van der Waals surface area contributed by atoms with Crippen LogP contribution in [0.15, 0.2) is 24.3 Å². The molecule has 106 valence electrons. The third kappa shape index (κ3) is 3.71. The number of aliphatic hydroxyl groups is 1. The first kappa shape index (κ1) is 14.4. The Hall–Kier alpha value is -1.06. The van der Waals surface area contributed by atoms with Gasteiger partial charge in [0.15, 0.2) is 0 Å². The molecule has 1 aliphatic rings. The molecule has 3 heteroatoms. The van der Waals surface area contributed by atoms with Crippen molar-refractivity contribution in [2.75, 3.05) is 6.61 Å². The number of benzene rings is 1. The quantitative estimate of drug-likeness (QED) is 0.823. The molecule has 1 aromatic rings. The molecule has 0 spiro atoms. The van der Waals surface area contributed by atoms with Crippen LogP contribution in [0.3, 0.4) is 0 Å². The number of hydrogen-bond donors (Lipinski definition) is 1. The fraction of sp³-hybridized carbons (Fsp3) is 0.625. The third-order valence-corrected chi connectivity index (χ3v) is 3.48. The van der Waals surface area contributed by atoms with Gasteiger partial charge in [-0.1, -0.05) is 32.4 Å². The highest BCUT2D eigenvalue weighted by molar-refractivity contribution is 5.28. The molecule has 0 amide bonds. The minimum atomic E-state index is -0.379. The number of hydrogen-bond acceptors (Lipinski definition) is 3. The predicted octanol–water partition coefficient (Wildman–Crippen LogP) is 2.95. The van der Waals surface area contributed by atoms with E-state index >= 15 is 0 Å². The van der Waals surface area contributed by atoms with Crippen molar-refractivity contribution < 1.29 is 14.6 Å². The second kappa shape index (κ2) is 6.92. The second-order valence-corrected chi connectivity index (χ2v) is 5.19. The van der Waals surface area contributed by atoms with Gasteiger partial charge in [0, 0.05) is 13.0 Å². The van der Waals surface area contributed by atoms with Crippen molar-refractivity contribution in [2.45, 2.75) is 57.8 Å². The summed E-state index contributed by atoms with van der Waals surface area (Å²) >= 11 is 0. The highest BCUT2D eigenvalue weighted by Crippen LogP contribution is 2.29. The van der Waals surface area contributed by atoms with Gasteiger partial charge in [0.05, 0.1) is 6.10 Å². The van der Waals surface area contributed by atoms with E-state index in [0.29, 0.717) is 13.0 Å². The lowest BCUT2D eigenvalue weighted by Crippen LogP contribution is -2.55. The van der Waals surface area contributed by atoms with Gasteiger partial charge < -0.3 is 14.6 Å². The average molecular weight is 264 g/mol. The van der Waals surface area contributed by atoms with Crippen molar-refractivity contribution >= 4 is 0 Å². The zero-order chi connectivity index (χ0) is 13.7. The zero-order valence-corrected chi connectivity index (χ0v) is 11.8. The lowest BCUT2D eigenvalue weighted by atomic mass is 9.88. The summed E-state index contributed by atoms with van der Waals surface area (Å²) in [7, 11) is 0. The molecule has 19 heavy (non-hydrogen) atoms. The van der Waals surface area contributed by atoms with Gasteiger partial charge in [-0.15, -0.1) is 0 Å². The maximum atomic E-state index is 9.69. The highest BCUT2D eigenvalue weighted by atomic mass is 16.6. The molecule has 0 heterocycles. The van der Waals surface area contributed by atoms with E-state index in [9.17, 15) is 5.11 Å². The van der Waals surface area contributed by atoms with E-state index in [-0.39, 0.29) is 18.3 Å². The lowest BCUT2D eigenvalue weighted by molar-refractivity contribution is -0.162. The molecule has 0 aliphatic heterocycles. The normalized spacial score (nSPS) is 25.9. The smallest absolute Gasteiger partial charge is 0.130 e. The van der Waals surface area contributed by atoms with Crippen LogP contribution in [0.5, 0.6) is 5.75 Å². The first-order chi connectivity index (χ1) is 9.24. The first-order valence-electron chi connectivity index (χ1n) is 7.29. The largest absolute Gasteiger partial charge is 0.488 e. The topological polar surface area (TPSA) is 38.7 Å². The van der Waals surface area contributed by atoms with Crippen molar-refractivity contribution in [1.82, 2.24) is 0 Å². The zero-order valence-electron chi connectivity index (χ0n) is 11.8. The van der Waals surface area contributed by atoms with Crippen molar-refractivity contribution in [3.05, 3.63) is 29.8 Å². The van der Waals surface area contributed by atoms with Crippen LogP contribution in [0.2, 0.25) is 0 Å². The Morgan fingerprint density at radius 2 is 1.89 bits per heavy atom. The average Bonchev–Trinajstić information content (AvgIpc) is 2.41. The lowest BCUT2D eigenvalue weighted by Gasteiger charge is -2.40. The van der Waals surface area contributed by atoms with E-state index in [2.05, 4.69) is 26.0 Å². The van der Waals surface area contributed by atoms with Gasteiger partial charge in [-0.05, 0) is 30.5 Å².